The molecule has 0 aliphatic rings. The van der Waals surface area contributed by atoms with Gasteiger partial charge in [-0.05, 0) is 6.92 Å². The zero-order chi connectivity index (χ0) is 5.70. The number of hydrogen-bond acceptors (Lipinski definition) is 2. The van der Waals surface area contributed by atoms with Gasteiger partial charge in [0.2, 0.25) is 0 Å². The molecule has 0 saturated carbocycles. The van der Waals surface area contributed by atoms with Crippen LogP contribution in [0.15, 0.2) is 11.6 Å². The molecular formula is C5H11NO. The van der Waals surface area contributed by atoms with Crippen molar-refractivity contribution in [1.29, 1.82) is 0 Å². The van der Waals surface area contributed by atoms with E-state index in [1.165, 1.54) is 0 Å². The zero-order valence-corrected chi connectivity index (χ0v) is 4.52. The summed E-state index contributed by atoms with van der Waals surface area (Å²) in [5.74, 6) is 0. The number of aliphatic hydroxyl groups excluding tert-OH is 1. The molecule has 0 aromatic heterocycles. The Labute approximate surface area is 43.6 Å². The second-order valence-corrected chi connectivity index (χ2v) is 1.44. The quantitative estimate of drug-likeness (QED) is 0.476. The first-order chi connectivity index (χ1) is 3.31. The van der Waals surface area contributed by atoms with Gasteiger partial charge in [0, 0.05) is 6.54 Å². The van der Waals surface area contributed by atoms with Gasteiger partial charge >= 0.3 is 0 Å². The predicted molar refractivity (Wildman–Crippen MR) is 29.9 cm³/mol. The van der Waals surface area contributed by atoms with Crippen molar-refractivity contribution in [2.45, 2.75) is 6.92 Å². The van der Waals surface area contributed by atoms with Crippen LogP contribution in [0.25, 0.3) is 0 Å². The van der Waals surface area contributed by atoms with Crippen molar-refractivity contribution < 1.29 is 5.11 Å². The maximum atomic E-state index is 8.24. The Kier molecular flexibility index (Phi) is 3.65. The molecular weight excluding hydrogens is 90.1 g/mol. The van der Waals surface area contributed by atoms with Crippen LogP contribution >= 0.6 is 0 Å². The van der Waals surface area contributed by atoms with Crippen LogP contribution in [0.3, 0.4) is 0 Å². The molecule has 7 heavy (non-hydrogen) atoms. The van der Waals surface area contributed by atoms with Gasteiger partial charge in [0.15, 0.2) is 0 Å². The Balaban J connectivity index is 3.29. The molecule has 0 aliphatic carbocycles. The van der Waals surface area contributed by atoms with Gasteiger partial charge in [-0.2, -0.15) is 0 Å². The Morgan fingerprint density at radius 1 is 1.86 bits per heavy atom. The van der Waals surface area contributed by atoms with Crippen molar-refractivity contribution in [2.75, 3.05) is 13.2 Å². The van der Waals surface area contributed by atoms with Crippen LogP contribution in [0.5, 0.6) is 0 Å². The van der Waals surface area contributed by atoms with Gasteiger partial charge < -0.3 is 10.8 Å². The van der Waals surface area contributed by atoms with Crippen LogP contribution in [0, 0.1) is 0 Å². The third-order valence-electron chi connectivity index (χ3n) is 0.762. The monoisotopic (exact) mass is 101 g/mol. The molecule has 0 aromatic carbocycles. The summed E-state index contributed by atoms with van der Waals surface area (Å²) in [6.45, 7) is 2.53. The van der Waals surface area contributed by atoms with Crippen molar-refractivity contribution in [3.8, 4) is 0 Å². The van der Waals surface area contributed by atoms with Gasteiger partial charge in [0.25, 0.3) is 0 Å². The summed E-state index contributed by atoms with van der Waals surface area (Å²) in [7, 11) is 0. The van der Waals surface area contributed by atoms with E-state index in [-0.39, 0.29) is 6.61 Å². The van der Waals surface area contributed by atoms with Crippen LogP contribution in [0.1, 0.15) is 6.92 Å². The minimum absolute atomic E-state index is 0.100. The summed E-state index contributed by atoms with van der Waals surface area (Å²) in [6, 6.07) is 0. The van der Waals surface area contributed by atoms with E-state index in [4.69, 9.17) is 10.8 Å². The van der Waals surface area contributed by atoms with Gasteiger partial charge in [-0.25, -0.2) is 0 Å². The highest BCUT2D eigenvalue weighted by atomic mass is 16.2. The molecule has 0 aliphatic heterocycles. The van der Waals surface area contributed by atoms with Crippen molar-refractivity contribution in [3.05, 3.63) is 11.6 Å². The molecule has 0 unspecified atom stereocenters. The lowest BCUT2D eigenvalue weighted by Crippen LogP contribution is -1.99. The smallest absolute Gasteiger partial charge is 0.0615 e. The molecule has 3 N–H and O–H groups in total. The SMILES string of the molecule is C/C(=C\CO)CN. The predicted octanol–water partition coefficient (Wildman–Crippen LogP) is -0.116. The molecule has 0 bridgehead atoms. The summed E-state index contributed by atoms with van der Waals surface area (Å²) < 4.78 is 0. The first kappa shape index (κ1) is 6.66. The minimum Gasteiger partial charge on any atom is -0.392 e. The highest BCUT2D eigenvalue weighted by Gasteiger charge is 1.77. The molecule has 0 saturated heterocycles. The molecule has 0 aromatic rings. The maximum Gasteiger partial charge on any atom is 0.0615 e. The number of nitrogens with two attached hydrogens (primary N) is 1. The lowest BCUT2D eigenvalue weighted by Gasteiger charge is -1.88. The molecule has 0 spiro atoms. The second kappa shape index (κ2) is 3.84. The van der Waals surface area contributed by atoms with E-state index in [0.717, 1.165) is 5.57 Å². The summed E-state index contributed by atoms with van der Waals surface area (Å²) in [4.78, 5) is 0. The van der Waals surface area contributed by atoms with Crippen LogP contribution in [-0.2, 0) is 0 Å². The van der Waals surface area contributed by atoms with Crippen LogP contribution in [-0.4, -0.2) is 18.3 Å². The van der Waals surface area contributed by atoms with Gasteiger partial charge in [-0.1, -0.05) is 11.6 Å². The fourth-order valence-corrected chi connectivity index (χ4v) is 0.239. The summed E-state index contributed by atoms with van der Waals surface area (Å²) in [5.41, 5.74) is 6.21. The summed E-state index contributed by atoms with van der Waals surface area (Å²) in [6.07, 6.45) is 1.69. The lowest BCUT2D eigenvalue weighted by molar-refractivity contribution is 0.341. The Morgan fingerprint density at radius 2 is 2.43 bits per heavy atom. The molecule has 42 valence electrons. The van der Waals surface area contributed by atoms with Crippen molar-refractivity contribution in [1.82, 2.24) is 0 Å². The van der Waals surface area contributed by atoms with E-state index < -0.39 is 0 Å². The van der Waals surface area contributed by atoms with Crippen molar-refractivity contribution >= 4 is 0 Å². The lowest BCUT2D eigenvalue weighted by atomic mass is 10.3. The fraction of sp³-hybridized carbons (Fsp3) is 0.600. The first-order valence-corrected chi connectivity index (χ1v) is 2.27. The highest BCUT2D eigenvalue weighted by Crippen LogP contribution is 1.83. The van der Waals surface area contributed by atoms with Crippen LogP contribution in [0.4, 0.5) is 0 Å². The molecule has 0 amide bonds. The maximum absolute atomic E-state index is 8.24. The van der Waals surface area contributed by atoms with E-state index in [0.29, 0.717) is 6.54 Å². The fourth-order valence-electron chi connectivity index (χ4n) is 0.239. The van der Waals surface area contributed by atoms with Gasteiger partial charge in [-0.3, -0.25) is 0 Å². The van der Waals surface area contributed by atoms with Crippen LogP contribution in [0.2, 0.25) is 0 Å². The third kappa shape index (κ3) is 3.49. The summed E-state index contributed by atoms with van der Waals surface area (Å²) >= 11 is 0. The second-order valence-electron chi connectivity index (χ2n) is 1.44. The van der Waals surface area contributed by atoms with Crippen molar-refractivity contribution in [2.24, 2.45) is 5.73 Å². The number of hydrogen-bond donors (Lipinski definition) is 2. The Bertz CT molecular complexity index is 68.5. The molecule has 0 heterocycles. The topological polar surface area (TPSA) is 46.2 Å². The van der Waals surface area contributed by atoms with E-state index >= 15 is 0 Å². The first-order valence-electron chi connectivity index (χ1n) is 2.27. The number of rotatable bonds is 2. The zero-order valence-electron chi connectivity index (χ0n) is 4.52. The number of aliphatic hydroxyl groups is 1. The normalized spacial score (nSPS) is 12.1. The molecule has 2 heteroatoms. The van der Waals surface area contributed by atoms with Gasteiger partial charge in [0.1, 0.15) is 0 Å². The minimum atomic E-state index is 0.100. The standard InChI is InChI=1S/C5H11NO/c1-5(4-6)2-3-7/h2,7H,3-4,6H2,1H3/b5-2+. The largest absolute Gasteiger partial charge is 0.392 e. The molecule has 2 nitrogen and oxygen atoms in total. The average molecular weight is 101 g/mol. The van der Waals surface area contributed by atoms with E-state index in [1.807, 2.05) is 6.92 Å². The van der Waals surface area contributed by atoms with E-state index in [1.54, 1.807) is 6.08 Å². The van der Waals surface area contributed by atoms with E-state index in [2.05, 4.69) is 0 Å². The van der Waals surface area contributed by atoms with Gasteiger partial charge in [0.05, 0.1) is 6.61 Å². The Morgan fingerprint density at radius 3 is 2.57 bits per heavy atom. The molecule has 0 fully saturated rings. The third-order valence-corrected chi connectivity index (χ3v) is 0.762. The highest BCUT2D eigenvalue weighted by molar-refractivity contribution is 4.98. The summed E-state index contributed by atoms with van der Waals surface area (Å²) in [5, 5.41) is 8.24. The van der Waals surface area contributed by atoms with Crippen LogP contribution < -0.4 is 5.73 Å². The molecule has 0 rings (SSSR count). The Hall–Kier alpha value is -0.340. The van der Waals surface area contributed by atoms with Crippen molar-refractivity contribution in [3.63, 3.8) is 0 Å². The van der Waals surface area contributed by atoms with E-state index in [9.17, 15) is 0 Å². The average Bonchev–Trinajstić information content (AvgIpc) is 1.68. The van der Waals surface area contributed by atoms with Gasteiger partial charge in [-0.15, -0.1) is 0 Å². The molecule has 0 atom stereocenters. The molecule has 0 radical (unpaired) electrons.